The molecule has 4 aromatic rings. The number of benzene rings is 1. The molecule has 0 radical (unpaired) electrons. The molecule has 0 atom stereocenters. The number of thiophene rings is 1. The summed E-state index contributed by atoms with van der Waals surface area (Å²) in [6.45, 7) is 0.143. The second-order valence-electron chi connectivity index (χ2n) is 8.05. The average molecular weight is 481 g/mol. The van der Waals surface area contributed by atoms with Crippen LogP contribution < -0.4 is 16.6 Å². The minimum absolute atomic E-state index is 0.112. The molecule has 1 aromatic carbocycles. The summed E-state index contributed by atoms with van der Waals surface area (Å²) >= 11 is 7.68. The molecular formula is C24H21ClN4O3S. The van der Waals surface area contributed by atoms with Crippen LogP contribution in [0.2, 0.25) is 5.02 Å². The van der Waals surface area contributed by atoms with Crippen molar-refractivity contribution in [1.29, 1.82) is 0 Å². The van der Waals surface area contributed by atoms with Crippen molar-refractivity contribution in [3.63, 3.8) is 0 Å². The molecule has 1 aliphatic carbocycles. The van der Waals surface area contributed by atoms with E-state index < -0.39 is 11.2 Å². The number of pyridine rings is 1. The van der Waals surface area contributed by atoms with Gasteiger partial charge in [0.2, 0.25) is 5.91 Å². The highest BCUT2D eigenvalue weighted by Crippen LogP contribution is 2.40. The van der Waals surface area contributed by atoms with Gasteiger partial charge in [0.05, 0.1) is 17.4 Å². The lowest BCUT2D eigenvalue weighted by Gasteiger charge is -2.12. The van der Waals surface area contributed by atoms with E-state index in [-0.39, 0.29) is 18.9 Å². The van der Waals surface area contributed by atoms with E-state index in [0.29, 0.717) is 26.8 Å². The quantitative estimate of drug-likeness (QED) is 0.453. The molecule has 33 heavy (non-hydrogen) atoms. The van der Waals surface area contributed by atoms with Gasteiger partial charge >= 0.3 is 5.69 Å². The number of carbonyl (C=O) groups excluding carboxylic acids is 1. The van der Waals surface area contributed by atoms with Crippen LogP contribution in [0.15, 0.2) is 58.4 Å². The first-order valence-electron chi connectivity index (χ1n) is 10.7. The topological polar surface area (TPSA) is 86.0 Å². The van der Waals surface area contributed by atoms with Crippen LogP contribution in [-0.4, -0.2) is 27.1 Å². The number of nitrogens with one attached hydrogen (secondary N) is 1. The fourth-order valence-electron chi connectivity index (χ4n) is 3.93. The predicted molar refractivity (Wildman–Crippen MR) is 131 cm³/mol. The molecule has 0 aliphatic heterocycles. The number of hydrogen-bond acceptors (Lipinski definition) is 5. The van der Waals surface area contributed by atoms with Gasteiger partial charge in [-0.05, 0) is 42.5 Å². The highest BCUT2D eigenvalue weighted by molar-refractivity contribution is 7.22. The summed E-state index contributed by atoms with van der Waals surface area (Å²) < 4.78 is 3.09. The minimum atomic E-state index is -0.491. The molecule has 7 nitrogen and oxygen atoms in total. The second-order valence-corrected chi connectivity index (χ2v) is 9.51. The Morgan fingerprint density at radius 3 is 2.73 bits per heavy atom. The van der Waals surface area contributed by atoms with Gasteiger partial charge in [-0.1, -0.05) is 29.8 Å². The Balaban J connectivity index is 1.75. The van der Waals surface area contributed by atoms with E-state index in [0.717, 1.165) is 33.4 Å². The number of carbonyl (C=O) groups is 1. The third-order valence-electron chi connectivity index (χ3n) is 5.86. The third-order valence-corrected chi connectivity index (χ3v) is 7.33. The minimum Gasteiger partial charge on any atom is -0.359 e. The van der Waals surface area contributed by atoms with E-state index in [1.54, 1.807) is 25.4 Å². The summed E-state index contributed by atoms with van der Waals surface area (Å²) in [6.07, 6.45) is 5.60. The number of rotatable bonds is 6. The first kappa shape index (κ1) is 21.6. The summed E-state index contributed by atoms with van der Waals surface area (Å²) in [4.78, 5) is 44.1. The Morgan fingerprint density at radius 1 is 1.21 bits per heavy atom. The predicted octanol–water partition coefficient (Wildman–Crippen LogP) is 3.94. The van der Waals surface area contributed by atoms with Crippen molar-refractivity contribution in [3.8, 4) is 16.1 Å². The van der Waals surface area contributed by atoms with Crippen molar-refractivity contribution >= 4 is 39.1 Å². The summed E-state index contributed by atoms with van der Waals surface area (Å²) in [5.74, 6) is 0.243. The number of amides is 1. The Bertz CT molecular complexity index is 1500. The highest BCUT2D eigenvalue weighted by Gasteiger charge is 2.25. The Labute approximate surface area is 198 Å². The van der Waals surface area contributed by atoms with Crippen LogP contribution in [0.4, 0.5) is 0 Å². The summed E-state index contributed by atoms with van der Waals surface area (Å²) in [7, 11) is 1.55. The standard InChI is InChI=1S/C24H21ClN4O3S/c1-26-21(30)8-9-28-19-11-20(17-4-2-3-5-18(17)25)33-22(19)23(31)29(24(28)32)16-10-15(12-27-13-16)14-6-7-14/h2-5,10-14H,6-9H2,1H3,(H,26,30). The molecule has 1 saturated carbocycles. The van der Waals surface area contributed by atoms with Crippen molar-refractivity contribution in [2.24, 2.45) is 0 Å². The normalized spacial score (nSPS) is 13.4. The molecule has 5 rings (SSSR count). The molecule has 0 spiro atoms. The van der Waals surface area contributed by atoms with Crippen molar-refractivity contribution < 1.29 is 4.79 Å². The molecule has 0 saturated heterocycles. The van der Waals surface area contributed by atoms with Crippen LogP contribution in [0.3, 0.4) is 0 Å². The molecule has 9 heteroatoms. The van der Waals surface area contributed by atoms with Gasteiger partial charge in [-0.2, -0.15) is 0 Å². The van der Waals surface area contributed by atoms with Crippen LogP contribution >= 0.6 is 22.9 Å². The smallest absolute Gasteiger partial charge is 0.336 e. The van der Waals surface area contributed by atoms with Crippen LogP contribution in [0, 0.1) is 0 Å². The van der Waals surface area contributed by atoms with Gasteiger partial charge in [-0.25, -0.2) is 9.36 Å². The van der Waals surface area contributed by atoms with E-state index in [9.17, 15) is 14.4 Å². The second kappa shape index (κ2) is 8.61. The monoisotopic (exact) mass is 480 g/mol. The van der Waals surface area contributed by atoms with Gasteiger partial charge in [0.25, 0.3) is 5.56 Å². The fourth-order valence-corrected chi connectivity index (χ4v) is 5.35. The fraction of sp³-hybridized carbons (Fsp3) is 0.250. The largest absolute Gasteiger partial charge is 0.359 e. The average Bonchev–Trinajstić information content (AvgIpc) is 3.58. The Kier molecular flexibility index (Phi) is 5.64. The number of nitrogens with zero attached hydrogens (tertiary/aromatic N) is 3. The van der Waals surface area contributed by atoms with Crippen LogP contribution in [0.1, 0.15) is 30.7 Å². The van der Waals surface area contributed by atoms with Gasteiger partial charge in [0.15, 0.2) is 0 Å². The van der Waals surface area contributed by atoms with E-state index >= 15 is 0 Å². The first-order valence-corrected chi connectivity index (χ1v) is 11.9. The van der Waals surface area contributed by atoms with Crippen LogP contribution in [0.25, 0.3) is 26.3 Å². The summed E-state index contributed by atoms with van der Waals surface area (Å²) in [5.41, 5.74) is 1.86. The maximum Gasteiger partial charge on any atom is 0.336 e. The Morgan fingerprint density at radius 2 is 2.00 bits per heavy atom. The van der Waals surface area contributed by atoms with Crippen molar-refractivity contribution in [2.75, 3.05) is 7.05 Å². The highest BCUT2D eigenvalue weighted by atomic mass is 35.5. The molecule has 168 valence electrons. The molecule has 0 unspecified atom stereocenters. The van der Waals surface area contributed by atoms with Crippen molar-refractivity contribution in [3.05, 3.63) is 80.2 Å². The number of halogens is 1. The zero-order valence-electron chi connectivity index (χ0n) is 17.9. The number of fused-ring (bicyclic) bond motifs is 1. The SMILES string of the molecule is CNC(=O)CCn1c(=O)n(-c2cncc(C3CC3)c2)c(=O)c2sc(-c3ccccc3Cl)cc21. The lowest BCUT2D eigenvalue weighted by atomic mass is 10.2. The molecule has 3 heterocycles. The molecule has 1 amide bonds. The summed E-state index contributed by atoms with van der Waals surface area (Å²) in [5, 5.41) is 3.14. The van der Waals surface area contributed by atoms with E-state index in [1.807, 2.05) is 24.3 Å². The Hall–Kier alpha value is -3.23. The third kappa shape index (κ3) is 4.00. The molecule has 1 fully saturated rings. The zero-order chi connectivity index (χ0) is 23.1. The molecule has 3 aromatic heterocycles. The summed E-state index contributed by atoms with van der Waals surface area (Å²) in [6, 6.07) is 11.0. The number of hydrogen-bond donors (Lipinski definition) is 1. The molecular weight excluding hydrogens is 460 g/mol. The molecule has 1 N–H and O–H groups in total. The van der Waals surface area contributed by atoms with Crippen molar-refractivity contribution in [1.82, 2.24) is 19.4 Å². The van der Waals surface area contributed by atoms with E-state index in [2.05, 4.69) is 10.3 Å². The van der Waals surface area contributed by atoms with E-state index in [4.69, 9.17) is 11.6 Å². The number of aromatic nitrogens is 3. The van der Waals surface area contributed by atoms with Crippen LogP contribution in [0.5, 0.6) is 0 Å². The maximum absolute atomic E-state index is 13.6. The maximum atomic E-state index is 13.6. The lowest BCUT2D eigenvalue weighted by molar-refractivity contribution is -0.120. The van der Waals surface area contributed by atoms with Crippen molar-refractivity contribution in [2.45, 2.75) is 31.7 Å². The first-order chi connectivity index (χ1) is 16.0. The van der Waals surface area contributed by atoms with Gasteiger partial charge in [-0.3, -0.25) is 19.1 Å². The van der Waals surface area contributed by atoms with Crippen LogP contribution in [-0.2, 0) is 11.3 Å². The van der Waals surface area contributed by atoms with Gasteiger partial charge in [0.1, 0.15) is 4.70 Å². The zero-order valence-corrected chi connectivity index (χ0v) is 19.4. The molecule has 1 aliphatic rings. The molecule has 0 bridgehead atoms. The van der Waals surface area contributed by atoms with Gasteiger partial charge in [-0.15, -0.1) is 11.3 Å². The number of aryl methyl sites for hydroxylation is 1. The van der Waals surface area contributed by atoms with Gasteiger partial charge < -0.3 is 5.32 Å². The lowest BCUT2D eigenvalue weighted by Crippen LogP contribution is -2.39. The van der Waals surface area contributed by atoms with Gasteiger partial charge in [0, 0.05) is 41.7 Å². The van der Waals surface area contributed by atoms with E-state index in [1.165, 1.54) is 22.1 Å².